The lowest BCUT2D eigenvalue weighted by atomic mass is 10.1. The molecule has 0 radical (unpaired) electrons. The molecule has 0 spiro atoms. The van der Waals surface area contributed by atoms with Crippen LogP contribution < -0.4 is 14.9 Å². The van der Waals surface area contributed by atoms with Crippen molar-refractivity contribution >= 4 is 46.4 Å². The molecular weight excluding hydrogens is 446 g/mol. The summed E-state index contributed by atoms with van der Waals surface area (Å²) >= 11 is 7.46. The lowest BCUT2D eigenvalue weighted by Gasteiger charge is -2.18. The first-order chi connectivity index (χ1) is 15.7. The van der Waals surface area contributed by atoms with Gasteiger partial charge in [0.05, 0.1) is 23.3 Å². The predicted octanol–water partition coefficient (Wildman–Crippen LogP) is 4.71. The molecular formula is C23H16ClN5O2S. The van der Waals surface area contributed by atoms with Crippen LogP contribution in [0.4, 0.5) is 11.4 Å². The number of nitrogens with one attached hydrogen (secondary N) is 1. The molecule has 4 aromatic rings. The number of thiazole rings is 1. The van der Waals surface area contributed by atoms with Gasteiger partial charge in [0.2, 0.25) is 4.80 Å². The van der Waals surface area contributed by atoms with Crippen LogP contribution in [0.15, 0.2) is 82.5 Å². The average Bonchev–Trinajstić information content (AvgIpc) is 3.21. The smallest absolute Gasteiger partial charge is 0.262 e. The fourth-order valence-electron chi connectivity index (χ4n) is 3.13. The van der Waals surface area contributed by atoms with Crippen molar-refractivity contribution in [2.75, 3.05) is 11.9 Å². The maximum absolute atomic E-state index is 11.7. The molecule has 0 fully saturated rings. The lowest BCUT2D eigenvalue weighted by molar-refractivity contribution is -0.118. The first kappa shape index (κ1) is 20.2. The Kier molecular flexibility index (Phi) is 5.53. The van der Waals surface area contributed by atoms with Crippen LogP contribution in [0.25, 0.3) is 11.3 Å². The second kappa shape index (κ2) is 8.78. The summed E-state index contributed by atoms with van der Waals surface area (Å²) < 4.78 is 7.24. The Morgan fingerprint density at radius 1 is 1.19 bits per heavy atom. The van der Waals surface area contributed by atoms with Crippen molar-refractivity contribution in [2.45, 2.75) is 0 Å². The van der Waals surface area contributed by atoms with Crippen LogP contribution in [0.3, 0.4) is 0 Å². The van der Waals surface area contributed by atoms with E-state index in [1.54, 1.807) is 35.4 Å². The number of nitrogens with zero attached hydrogens (tertiary/aromatic N) is 4. The van der Waals surface area contributed by atoms with Gasteiger partial charge in [-0.05, 0) is 48.5 Å². The molecule has 158 valence electrons. The fraction of sp³-hybridized carbons (Fsp3) is 0.0435. The number of anilines is 1. The van der Waals surface area contributed by atoms with Gasteiger partial charge in [0.1, 0.15) is 5.75 Å². The first-order valence-electron chi connectivity index (χ1n) is 9.68. The summed E-state index contributed by atoms with van der Waals surface area (Å²) in [5.74, 6) is 0.459. The van der Waals surface area contributed by atoms with E-state index in [1.807, 2.05) is 47.8 Å². The molecule has 1 aliphatic heterocycles. The van der Waals surface area contributed by atoms with Crippen molar-refractivity contribution in [3.63, 3.8) is 0 Å². The molecule has 5 rings (SSSR count). The molecule has 32 heavy (non-hydrogen) atoms. The molecule has 0 saturated carbocycles. The number of rotatable bonds is 4. The van der Waals surface area contributed by atoms with Gasteiger partial charge < -0.3 is 10.1 Å². The van der Waals surface area contributed by atoms with Crippen molar-refractivity contribution in [1.82, 2.24) is 9.66 Å². The third-order valence-corrected chi connectivity index (χ3v) is 5.72. The maximum atomic E-state index is 11.7. The van der Waals surface area contributed by atoms with E-state index in [4.69, 9.17) is 21.3 Å². The van der Waals surface area contributed by atoms with Crippen molar-refractivity contribution < 1.29 is 9.53 Å². The minimum absolute atomic E-state index is 0.0182. The van der Waals surface area contributed by atoms with Gasteiger partial charge in [0.25, 0.3) is 5.91 Å². The number of carbonyl (C=O) groups excluding carboxylic acids is 1. The van der Waals surface area contributed by atoms with E-state index in [9.17, 15) is 4.79 Å². The lowest BCUT2D eigenvalue weighted by Crippen LogP contribution is -2.25. The normalized spacial score (nSPS) is 13.7. The Morgan fingerprint density at radius 3 is 2.88 bits per heavy atom. The third-order valence-electron chi connectivity index (χ3n) is 4.65. The number of aromatic nitrogens is 2. The van der Waals surface area contributed by atoms with Gasteiger partial charge in [-0.2, -0.15) is 5.10 Å². The quantitative estimate of drug-likeness (QED) is 0.447. The summed E-state index contributed by atoms with van der Waals surface area (Å²) in [6.07, 6.45) is 5.18. The van der Waals surface area contributed by atoms with E-state index in [-0.39, 0.29) is 12.5 Å². The zero-order chi connectivity index (χ0) is 21.9. The van der Waals surface area contributed by atoms with Crippen LogP contribution in [-0.2, 0) is 4.79 Å². The molecule has 1 aliphatic rings. The Hall–Kier alpha value is -3.75. The Morgan fingerprint density at radius 2 is 2.06 bits per heavy atom. The molecule has 0 saturated heterocycles. The molecule has 2 aromatic heterocycles. The number of benzene rings is 2. The van der Waals surface area contributed by atoms with Crippen molar-refractivity contribution in [3.8, 4) is 17.0 Å². The van der Waals surface area contributed by atoms with Gasteiger partial charge in [-0.1, -0.05) is 17.7 Å². The molecule has 1 amide bonds. The molecule has 3 heterocycles. The van der Waals surface area contributed by atoms with Gasteiger partial charge in [-0.25, -0.2) is 9.67 Å². The van der Waals surface area contributed by atoms with Crippen molar-refractivity contribution in [1.29, 1.82) is 0 Å². The molecule has 0 atom stereocenters. The molecule has 1 N–H and O–H groups in total. The van der Waals surface area contributed by atoms with Crippen molar-refractivity contribution in [2.24, 2.45) is 10.1 Å². The summed E-state index contributed by atoms with van der Waals surface area (Å²) in [5, 5.41) is 10.1. The highest BCUT2D eigenvalue weighted by atomic mass is 35.5. The number of halogens is 1. The fourth-order valence-corrected chi connectivity index (χ4v) is 4.11. The number of amides is 1. The first-order valence-corrected chi connectivity index (χ1v) is 10.9. The zero-order valence-corrected chi connectivity index (χ0v) is 18.2. The molecule has 9 heteroatoms. The van der Waals surface area contributed by atoms with Gasteiger partial charge in [-0.3, -0.25) is 9.78 Å². The van der Waals surface area contributed by atoms with E-state index in [0.717, 1.165) is 22.5 Å². The number of pyridine rings is 1. The minimum atomic E-state index is -0.180. The monoisotopic (exact) mass is 461 g/mol. The Balaban J connectivity index is 1.62. The van der Waals surface area contributed by atoms with E-state index in [1.165, 1.54) is 11.3 Å². The third kappa shape index (κ3) is 4.32. The van der Waals surface area contributed by atoms with Crippen LogP contribution in [0.5, 0.6) is 5.75 Å². The van der Waals surface area contributed by atoms with E-state index in [0.29, 0.717) is 21.3 Å². The van der Waals surface area contributed by atoms with Crippen LogP contribution in [0.2, 0.25) is 5.02 Å². The van der Waals surface area contributed by atoms with Gasteiger partial charge >= 0.3 is 0 Å². The van der Waals surface area contributed by atoms with E-state index < -0.39 is 0 Å². The van der Waals surface area contributed by atoms with Gasteiger partial charge in [-0.15, -0.1) is 11.3 Å². The van der Waals surface area contributed by atoms with Gasteiger partial charge in [0.15, 0.2) is 6.61 Å². The molecule has 0 bridgehead atoms. The molecule has 2 aromatic carbocycles. The maximum Gasteiger partial charge on any atom is 0.262 e. The summed E-state index contributed by atoms with van der Waals surface area (Å²) in [6, 6.07) is 16.7. The summed E-state index contributed by atoms with van der Waals surface area (Å²) in [5.41, 5.74) is 3.95. The second-order valence-electron chi connectivity index (χ2n) is 6.88. The number of hydrogen-bond donors (Lipinski definition) is 1. The highest BCUT2D eigenvalue weighted by Gasteiger charge is 2.17. The number of hydrogen-bond acceptors (Lipinski definition) is 6. The highest BCUT2D eigenvalue weighted by Crippen LogP contribution is 2.33. The number of fused-ring (bicyclic) bond motifs is 1. The topological polar surface area (TPSA) is 80.9 Å². The number of carbonyl (C=O) groups is 1. The van der Waals surface area contributed by atoms with Crippen molar-refractivity contribution in [3.05, 3.63) is 87.8 Å². The molecule has 0 aliphatic carbocycles. The number of ether oxygens (including phenoxy) is 1. The minimum Gasteiger partial charge on any atom is -0.482 e. The van der Waals surface area contributed by atoms with Crippen LogP contribution in [0.1, 0.15) is 5.56 Å². The molecule has 0 unspecified atom stereocenters. The zero-order valence-electron chi connectivity index (χ0n) is 16.6. The van der Waals surface area contributed by atoms with Crippen LogP contribution in [-0.4, -0.2) is 28.4 Å². The SMILES string of the molecule is O=C1COc2ccc(-c3csc(=Nc4ccc(Cl)cc4)n3N=Cc3cccnc3)cc2N1. The van der Waals surface area contributed by atoms with Gasteiger partial charge in [0, 0.05) is 33.9 Å². The van der Waals surface area contributed by atoms with Crippen LogP contribution in [0, 0.1) is 0 Å². The summed E-state index contributed by atoms with van der Waals surface area (Å²) in [6.45, 7) is 0.0182. The highest BCUT2D eigenvalue weighted by molar-refractivity contribution is 7.07. The Bertz CT molecular complexity index is 1380. The second-order valence-corrected chi connectivity index (χ2v) is 8.16. The Labute approximate surface area is 192 Å². The predicted molar refractivity (Wildman–Crippen MR) is 126 cm³/mol. The molecule has 7 nitrogen and oxygen atoms in total. The standard InChI is InChI=1S/C23H16ClN5O2S/c24-17-4-6-18(7-5-17)27-23-29(26-12-15-2-1-9-25-11-15)20(14-32-23)16-3-8-21-19(10-16)28-22(30)13-31-21/h1-12,14H,13H2,(H,28,30). The summed E-state index contributed by atoms with van der Waals surface area (Å²) in [7, 11) is 0. The average molecular weight is 462 g/mol. The van der Waals surface area contributed by atoms with Crippen LogP contribution >= 0.6 is 22.9 Å². The van der Waals surface area contributed by atoms with E-state index >= 15 is 0 Å². The largest absolute Gasteiger partial charge is 0.482 e. The van der Waals surface area contributed by atoms with E-state index in [2.05, 4.69) is 15.4 Å². The summed E-state index contributed by atoms with van der Waals surface area (Å²) in [4.78, 5) is 21.3.